The highest BCUT2D eigenvalue weighted by molar-refractivity contribution is 6.31. The fourth-order valence-electron chi connectivity index (χ4n) is 4.32. The van der Waals surface area contributed by atoms with Gasteiger partial charge in [0, 0.05) is 31.2 Å². The van der Waals surface area contributed by atoms with E-state index in [1.165, 1.54) is 18.2 Å². The van der Waals surface area contributed by atoms with E-state index in [0.717, 1.165) is 13.1 Å². The Morgan fingerprint density at radius 2 is 1.87 bits per heavy atom. The Morgan fingerprint density at radius 1 is 1.06 bits per heavy atom. The highest BCUT2D eigenvalue weighted by Gasteiger charge is 2.42. The zero-order chi connectivity index (χ0) is 21.5. The lowest BCUT2D eigenvalue weighted by molar-refractivity contribution is 0.0314. The van der Waals surface area contributed by atoms with Crippen LogP contribution < -0.4 is 5.43 Å². The summed E-state index contributed by atoms with van der Waals surface area (Å²) in [6.45, 7) is 3.84. The lowest BCUT2D eigenvalue weighted by Gasteiger charge is -2.31. The van der Waals surface area contributed by atoms with E-state index in [9.17, 15) is 14.0 Å². The summed E-state index contributed by atoms with van der Waals surface area (Å²) in [6, 6.07) is 10.00. The molecule has 160 valence electrons. The number of carbonyl (C=O) groups is 1. The Hall–Kier alpha value is -2.74. The van der Waals surface area contributed by atoms with Gasteiger partial charge in [0.05, 0.1) is 30.2 Å². The first-order valence-corrected chi connectivity index (χ1v) is 10.5. The molecule has 3 aromatic rings. The zero-order valence-electron chi connectivity index (χ0n) is 16.6. The molecule has 3 heterocycles. The molecular weight excluding hydrogens is 423 g/mol. The number of amides is 1. The van der Waals surface area contributed by atoms with Crippen LogP contribution in [0.25, 0.3) is 11.0 Å². The Bertz CT molecular complexity index is 1220. The molecule has 2 aliphatic heterocycles. The third-order valence-electron chi connectivity index (χ3n) is 5.85. The van der Waals surface area contributed by atoms with E-state index in [4.69, 9.17) is 20.8 Å². The first kappa shape index (κ1) is 20.2. The molecule has 1 fully saturated rings. The lowest BCUT2D eigenvalue weighted by Crippen LogP contribution is -2.42. The van der Waals surface area contributed by atoms with Crippen molar-refractivity contribution in [1.82, 2.24) is 9.80 Å². The minimum absolute atomic E-state index is 0.0102. The number of hydrogen-bond acceptors (Lipinski definition) is 5. The van der Waals surface area contributed by atoms with Crippen LogP contribution in [-0.2, 0) is 4.74 Å². The molecule has 0 radical (unpaired) electrons. The van der Waals surface area contributed by atoms with E-state index in [-0.39, 0.29) is 22.7 Å². The van der Waals surface area contributed by atoms with Crippen molar-refractivity contribution in [3.8, 4) is 0 Å². The average Bonchev–Trinajstić information content (AvgIpc) is 3.05. The molecule has 5 rings (SSSR count). The van der Waals surface area contributed by atoms with Crippen LogP contribution in [0.15, 0.2) is 51.7 Å². The van der Waals surface area contributed by atoms with Gasteiger partial charge >= 0.3 is 0 Å². The van der Waals surface area contributed by atoms with Crippen molar-refractivity contribution in [1.29, 1.82) is 0 Å². The molecular formula is C23H20ClFN2O4. The number of ether oxygens (including phenoxy) is 1. The molecule has 1 atom stereocenters. The third-order valence-corrected chi connectivity index (χ3v) is 6.09. The SMILES string of the molecule is O=C1c2oc3ccc(Cl)cc3c(=O)c2[C@@H](c2cccc(F)c2)N1CCN1CCOCC1. The summed E-state index contributed by atoms with van der Waals surface area (Å²) < 4.78 is 25.3. The molecule has 1 amide bonds. The second-order valence-corrected chi connectivity index (χ2v) is 8.16. The highest BCUT2D eigenvalue weighted by Crippen LogP contribution is 2.38. The van der Waals surface area contributed by atoms with Gasteiger partial charge in [0.2, 0.25) is 5.76 Å². The number of morpholine rings is 1. The molecule has 2 aliphatic rings. The standard InChI is InChI=1S/C23H20ClFN2O4/c24-15-4-5-18-17(13-15)21(28)19-20(14-2-1-3-16(25)12-14)27(23(29)22(19)31-18)7-6-26-8-10-30-11-9-26/h1-5,12-13,20H,6-11H2/t20-/m1/s1. The quantitative estimate of drug-likeness (QED) is 0.619. The number of fused-ring (bicyclic) bond motifs is 2. The summed E-state index contributed by atoms with van der Waals surface area (Å²) >= 11 is 6.09. The predicted octanol–water partition coefficient (Wildman–Crippen LogP) is 3.46. The minimum Gasteiger partial charge on any atom is -0.450 e. The normalized spacial score (nSPS) is 19.2. The third kappa shape index (κ3) is 3.63. The van der Waals surface area contributed by atoms with Crippen molar-refractivity contribution in [2.24, 2.45) is 0 Å². The second-order valence-electron chi connectivity index (χ2n) is 7.72. The average molecular weight is 443 g/mol. The van der Waals surface area contributed by atoms with Crippen LogP contribution in [0, 0.1) is 5.82 Å². The first-order valence-electron chi connectivity index (χ1n) is 10.2. The van der Waals surface area contributed by atoms with Crippen molar-refractivity contribution in [3.05, 3.63) is 80.4 Å². The Morgan fingerprint density at radius 3 is 2.65 bits per heavy atom. The van der Waals surface area contributed by atoms with Gasteiger partial charge in [-0.3, -0.25) is 14.5 Å². The van der Waals surface area contributed by atoms with E-state index < -0.39 is 11.9 Å². The number of carbonyl (C=O) groups excluding carboxylic acids is 1. The van der Waals surface area contributed by atoms with Gasteiger partial charge in [-0.05, 0) is 35.9 Å². The fourth-order valence-corrected chi connectivity index (χ4v) is 4.49. The Balaban J connectivity index is 1.61. The highest BCUT2D eigenvalue weighted by atomic mass is 35.5. The van der Waals surface area contributed by atoms with Crippen LogP contribution >= 0.6 is 11.6 Å². The summed E-state index contributed by atoms with van der Waals surface area (Å²) in [6.07, 6.45) is 0. The van der Waals surface area contributed by atoms with Crippen LogP contribution in [0.5, 0.6) is 0 Å². The largest absolute Gasteiger partial charge is 0.450 e. The van der Waals surface area contributed by atoms with E-state index in [2.05, 4.69) is 4.90 Å². The topological polar surface area (TPSA) is 63.0 Å². The molecule has 0 spiro atoms. The maximum absolute atomic E-state index is 14.1. The number of nitrogens with zero attached hydrogens (tertiary/aromatic N) is 2. The molecule has 6 nitrogen and oxygen atoms in total. The van der Waals surface area contributed by atoms with Gasteiger partial charge in [-0.25, -0.2) is 4.39 Å². The van der Waals surface area contributed by atoms with E-state index >= 15 is 0 Å². The summed E-state index contributed by atoms with van der Waals surface area (Å²) in [5, 5.41) is 0.700. The zero-order valence-corrected chi connectivity index (χ0v) is 17.4. The lowest BCUT2D eigenvalue weighted by atomic mass is 9.98. The van der Waals surface area contributed by atoms with E-state index in [1.807, 2.05) is 0 Å². The molecule has 1 saturated heterocycles. The summed E-state index contributed by atoms with van der Waals surface area (Å²) in [7, 11) is 0. The van der Waals surface area contributed by atoms with Crippen LogP contribution in [0.2, 0.25) is 5.02 Å². The Labute approximate surface area is 182 Å². The molecule has 31 heavy (non-hydrogen) atoms. The van der Waals surface area contributed by atoms with Crippen molar-refractivity contribution in [2.45, 2.75) is 6.04 Å². The van der Waals surface area contributed by atoms with Gasteiger partial charge in [0.1, 0.15) is 11.4 Å². The van der Waals surface area contributed by atoms with Gasteiger partial charge < -0.3 is 14.1 Å². The molecule has 0 N–H and O–H groups in total. The summed E-state index contributed by atoms with van der Waals surface area (Å²) in [5.41, 5.74) is 0.736. The van der Waals surface area contributed by atoms with E-state index in [1.54, 1.807) is 29.2 Å². The van der Waals surface area contributed by atoms with Crippen molar-refractivity contribution in [2.75, 3.05) is 39.4 Å². The van der Waals surface area contributed by atoms with Crippen LogP contribution in [0.1, 0.15) is 27.7 Å². The molecule has 1 aromatic heterocycles. The molecule has 0 saturated carbocycles. The summed E-state index contributed by atoms with van der Waals surface area (Å²) in [5.74, 6) is -0.790. The number of hydrogen-bond donors (Lipinski definition) is 0. The Kier molecular flexibility index (Phi) is 5.25. The monoisotopic (exact) mass is 442 g/mol. The molecule has 2 aromatic carbocycles. The van der Waals surface area contributed by atoms with Crippen molar-refractivity contribution < 1.29 is 18.3 Å². The second kappa shape index (κ2) is 8.07. The van der Waals surface area contributed by atoms with E-state index in [0.29, 0.717) is 47.9 Å². The number of rotatable bonds is 4. The minimum atomic E-state index is -0.723. The van der Waals surface area contributed by atoms with Crippen molar-refractivity contribution >= 4 is 28.5 Å². The van der Waals surface area contributed by atoms with Crippen LogP contribution in [0.3, 0.4) is 0 Å². The van der Waals surface area contributed by atoms with Crippen LogP contribution in [-0.4, -0.2) is 55.1 Å². The van der Waals surface area contributed by atoms with Crippen LogP contribution in [0.4, 0.5) is 4.39 Å². The maximum Gasteiger partial charge on any atom is 0.290 e. The predicted molar refractivity (Wildman–Crippen MR) is 114 cm³/mol. The fraction of sp³-hybridized carbons (Fsp3) is 0.304. The number of halogens is 2. The maximum atomic E-state index is 14.1. The summed E-state index contributed by atoms with van der Waals surface area (Å²) in [4.78, 5) is 30.6. The van der Waals surface area contributed by atoms with Gasteiger partial charge in [0.15, 0.2) is 5.43 Å². The molecule has 0 unspecified atom stereocenters. The first-order chi connectivity index (χ1) is 15.0. The van der Waals surface area contributed by atoms with Gasteiger partial charge in [-0.15, -0.1) is 0 Å². The van der Waals surface area contributed by atoms with Crippen molar-refractivity contribution in [3.63, 3.8) is 0 Å². The van der Waals surface area contributed by atoms with Gasteiger partial charge in [-0.1, -0.05) is 23.7 Å². The molecule has 0 bridgehead atoms. The molecule has 8 heteroatoms. The van der Waals surface area contributed by atoms with Gasteiger partial charge in [-0.2, -0.15) is 0 Å². The molecule has 0 aliphatic carbocycles. The van der Waals surface area contributed by atoms with Gasteiger partial charge in [0.25, 0.3) is 5.91 Å². The number of benzene rings is 2. The smallest absolute Gasteiger partial charge is 0.290 e.